The van der Waals surface area contributed by atoms with Crippen molar-refractivity contribution in [2.45, 2.75) is 25.9 Å². The molecule has 7 nitrogen and oxygen atoms in total. The number of pyridine rings is 1. The van der Waals surface area contributed by atoms with Crippen molar-refractivity contribution in [1.82, 2.24) is 9.88 Å². The van der Waals surface area contributed by atoms with Gasteiger partial charge in [-0.2, -0.15) is 0 Å². The van der Waals surface area contributed by atoms with Crippen LogP contribution in [0, 0.1) is 6.92 Å². The van der Waals surface area contributed by atoms with Crippen molar-refractivity contribution < 1.29 is 23.7 Å². The van der Waals surface area contributed by atoms with E-state index in [1.807, 2.05) is 24.0 Å². The Morgan fingerprint density at radius 2 is 1.73 bits per heavy atom. The normalized spacial score (nSPS) is 14.6. The van der Waals surface area contributed by atoms with E-state index < -0.39 is 0 Å². The molecule has 0 unspecified atom stereocenters. The van der Waals surface area contributed by atoms with E-state index in [0.717, 1.165) is 29.8 Å². The number of methoxy groups -OCH3 is 3. The number of carbonyl (C=O) groups is 1. The number of piperidine rings is 1. The van der Waals surface area contributed by atoms with Crippen LogP contribution in [0.1, 0.15) is 24.1 Å². The Morgan fingerprint density at radius 1 is 1.07 bits per heavy atom. The van der Waals surface area contributed by atoms with E-state index in [0.29, 0.717) is 30.3 Å². The fraction of sp³-hybridized carbons (Fsp3) is 0.391. The van der Waals surface area contributed by atoms with Gasteiger partial charge >= 0.3 is 0 Å². The maximum absolute atomic E-state index is 12.6. The van der Waals surface area contributed by atoms with Crippen LogP contribution in [-0.2, 0) is 4.79 Å². The summed E-state index contributed by atoms with van der Waals surface area (Å²) in [4.78, 5) is 18.7. The van der Waals surface area contributed by atoms with Crippen LogP contribution in [0.4, 0.5) is 0 Å². The summed E-state index contributed by atoms with van der Waals surface area (Å²) in [6.07, 6.45) is 6.75. The number of carbonyl (C=O) groups excluding carboxylic acids is 1. The zero-order valence-electron chi connectivity index (χ0n) is 17.9. The van der Waals surface area contributed by atoms with Crippen molar-refractivity contribution in [1.29, 1.82) is 0 Å². The SMILES string of the molecule is COc1cc(/C=C/C(=O)N2CCC(Oc3ccc(C)nc3)CC2)cc(OC)c1OC. The second-order valence-electron chi connectivity index (χ2n) is 7.07. The van der Waals surface area contributed by atoms with E-state index >= 15 is 0 Å². The number of rotatable bonds is 7. The van der Waals surface area contributed by atoms with Crippen LogP contribution in [0.2, 0.25) is 0 Å². The van der Waals surface area contributed by atoms with Crippen molar-refractivity contribution in [2.24, 2.45) is 0 Å². The van der Waals surface area contributed by atoms with Gasteiger partial charge in [0.15, 0.2) is 11.5 Å². The highest BCUT2D eigenvalue weighted by atomic mass is 16.5. The molecule has 0 radical (unpaired) electrons. The molecule has 7 heteroatoms. The summed E-state index contributed by atoms with van der Waals surface area (Å²) in [5, 5.41) is 0. The van der Waals surface area contributed by atoms with Gasteiger partial charge in [0.25, 0.3) is 0 Å². The lowest BCUT2D eigenvalue weighted by molar-refractivity contribution is -0.127. The minimum absolute atomic E-state index is 0.0285. The Balaban J connectivity index is 1.58. The van der Waals surface area contributed by atoms with Crippen LogP contribution < -0.4 is 18.9 Å². The highest BCUT2D eigenvalue weighted by molar-refractivity contribution is 5.92. The summed E-state index contributed by atoms with van der Waals surface area (Å²) in [5.74, 6) is 2.36. The Labute approximate surface area is 177 Å². The van der Waals surface area contributed by atoms with Gasteiger partial charge < -0.3 is 23.8 Å². The van der Waals surface area contributed by atoms with E-state index in [-0.39, 0.29) is 12.0 Å². The van der Waals surface area contributed by atoms with Gasteiger partial charge in [0.1, 0.15) is 11.9 Å². The van der Waals surface area contributed by atoms with Crippen molar-refractivity contribution in [3.8, 4) is 23.0 Å². The molecule has 1 aliphatic rings. The number of amides is 1. The fourth-order valence-electron chi connectivity index (χ4n) is 3.38. The highest BCUT2D eigenvalue weighted by Crippen LogP contribution is 2.38. The molecule has 1 amide bonds. The molecule has 1 fully saturated rings. The summed E-state index contributed by atoms with van der Waals surface area (Å²) in [6, 6.07) is 7.48. The van der Waals surface area contributed by atoms with E-state index in [1.54, 1.807) is 51.8 Å². The molecule has 1 aromatic heterocycles. The first-order valence-corrected chi connectivity index (χ1v) is 9.90. The number of likely N-dealkylation sites (tertiary alicyclic amines) is 1. The van der Waals surface area contributed by atoms with Crippen LogP contribution in [0.5, 0.6) is 23.0 Å². The molecule has 1 aliphatic heterocycles. The van der Waals surface area contributed by atoms with Crippen LogP contribution >= 0.6 is 0 Å². The standard InChI is InChI=1S/C23H28N2O5/c1-16-5-7-19(15-24-16)30-18-9-11-25(12-10-18)22(26)8-6-17-13-20(27-2)23(29-4)21(14-17)28-3/h5-8,13-15,18H,9-12H2,1-4H3/b8-6+. The van der Waals surface area contributed by atoms with Gasteiger partial charge in [-0.25, -0.2) is 0 Å². The third kappa shape index (κ3) is 5.23. The summed E-state index contributed by atoms with van der Waals surface area (Å²) < 4.78 is 22.0. The lowest BCUT2D eigenvalue weighted by Crippen LogP contribution is -2.41. The van der Waals surface area contributed by atoms with Crippen LogP contribution in [-0.4, -0.2) is 56.3 Å². The molecule has 2 heterocycles. The van der Waals surface area contributed by atoms with Crippen LogP contribution in [0.3, 0.4) is 0 Å². The summed E-state index contributed by atoms with van der Waals surface area (Å²) in [6.45, 7) is 3.25. The summed E-state index contributed by atoms with van der Waals surface area (Å²) in [5.41, 5.74) is 1.75. The molecule has 0 bridgehead atoms. The Morgan fingerprint density at radius 3 is 2.27 bits per heavy atom. The first-order valence-electron chi connectivity index (χ1n) is 9.90. The third-order valence-electron chi connectivity index (χ3n) is 5.05. The van der Waals surface area contributed by atoms with Gasteiger partial charge in [0.05, 0.1) is 27.5 Å². The molecule has 1 aromatic carbocycles. The highest BCUT2D eigenvalue weighted by Gasteiger charge is 2.23. The molecule has 0 spiro atoms. The molecule has 0 aliphatic carbocycles. The van der Waals surface area contributed by atoms with Crippen molar-refractivity contribution in [3.05, 3.63) is 47.8 Å². The van der Waals surface area contributed by atoms with Crippen molar-refractivity contribution in [2.75, 3.05) is 34.4 Å². The molecule has 160 valence electrons. The second kappa shape index (κ2) is 10.0. The second-order valence-corrected chi connectivity index (χ2v) is 7.07. The van der Waals surface area contributed by atoms with Gasteiger partial charge in [-0.05, 0) is 42.8 Å². The largest absolute Gasteiger partial charge is 0.493 e. The van der Waals surface area contributed by atoms with Gasteiger partial charge in [0, 0.05) is 37.7 Å². The van der Waals surface area contributed by atoms with Gasteiger partial charge in [0.2, 0.25) is 11.7 Å². The average molecular weight is 412 g/mol. The number of aryl methyl sites for hydroxylation is 1. The Hall–Kier alpha value is -3.22. The predicted molar refractivity (Wildman–Crippen MR) is 114 cm³/mol. The Kier molecular flexibility index (Phi) is 7.17. The number of ether oxygens (including phenoxy) is 4. The number of aromatic nitrogens is 1. The topological polar surface area (TPSA) is 70.1 Å². The van der Waals surface area contributed by atoms with Gasteiger partial charge in [-0.1, -0.05) is 0 Å². The molecular weight excluding hydrogens is 384 g/mol. The number of hydrogen-bond donors (Lipinski definition) is 0. The quantitative estimate of drug-likeness (QED) is 0.649. The molecule has 30 heavy (non-hydrogen) atoms. The van der Waals surface area contributed by atoms with Crippen LogP contribution in [0.15, 0.2) is 36.5 Å². The molecule has 1 saturated heterocycles. The van der Waals surface area contributed by atoms with Crippen molar-refractivity contribution >= 4 is 12.0 Å². The van der Waals surface area contributed by atoms with Gasteiger partial charge in [-0.15, -0.1) is 0 Å². The lowest BCUT2D eigenvalue weighted by atomic mass is 10.1. The maximum Gasteiger partial charge on any atom is 0.246 e. The summed E-state index contributed by atoms with van der Waals surface area (Å²) in [7, 11) is 4.69. The number of nitrogens with zero attached hydrogens (tertiary/aromatic N) is 2. The molecule has 0 N–H and O–H groups in total. The monoisotopic (exact) mass is 412 g/mol. The minimum Gasteiger partial charge on any atom is -0.493 e. The number of hydrogen-bond acceptors (Lipinski definition) is 6. The van der Waals surface area contributed by atoms with Gasteiger partial charge in [-0.3, -0.25) is 9.78 Å². The van der Waals surface area contributed by atoms with E-state index in [2.05, 4.69) is 4.98 Å². The Bertz CT molecular complexity index is 862. The maximum atomic E-state index is 12.6. The molecular formula is C23H28N2O5. The molecule has 2 aromatic rings. The van der Waals surface area contributed by atoms with E-state index in [1.165, 1.54) is 0 Å². The average Bonchev–Trinajstić information content (AvgIpc) is 2.78. The zero-order valence-corrected chi connectivity index (χ0v) is 17.9. The minimum atomic E-state index is -0.0285. The first-order chi connectivity index (χ1) is 14.5. The molecule has 0 saturated carbocycles. The molecule has 0 atom stereocenters. The molecule has 3 rings (SSSR count). The predicted octanol–water partition coefficient (Wildman–Crippen LogP) is 3.50. The van der Waals surface area contributed by atoms with E-state index in [9.17, 15) is 4.79 Å². The number of benzene rings is 1. The smallest absolute Gasteiger partial charge is 0.246 e. The lowest BCUT2D eigenvalue weighted by Gasteiger charge is -2.31. The fourth-order valence-corrected chi connectivity index (χ4v) is 3.38. The van der Waals surface area contributed by atoms with E-state index in [4.69, 9.17) is 18.9 Å². The summed E-state index contributed by atoms with van der Waals surface area (Å²) >= 11 is 0. The van der Waals surface area contributed by atoms with Crippen molar-refractivity contribution in [3.63, 3.8) is 0 Å². The third-order valence-corrected chi connectivity index (χ3v) is 5.05. The zero-order chi connectivity index (χ0) is 21.5. The first kappa shape index (κ1) is 21.5. The van der Waals surface area contributed by atoms with Crippen LogP contribution in [0.25, 0.3) is 6.08 Å².